The fraction of sp³-hybridized carbons (Fsp3) is 0.682. The first-order valence-electron chi connectivity index (χ1n) is 10.7. The van der Waals surface area contributed by atoms with Gasteiger partial charge in [-0.15, -0.1) is 0 Å². The van der Waals surface area contributed by atoms with Gasteiger partial charge >= 0.3 is 0 Å². The van der Waals surface area contributed by atoms with Crippen molar-refractivity contribution in [2.75, 3.05) is 13.2 Å². The molecule has 0 aliphatic carbocycles. The molecule has 162 valence electrons. The first kappa shape index (κ1) is 23.2. The van der Waals surface area contributed by atoms with Crippen LogP contribution in [0.25, 0.3) is 0 Å². The summed E-state index contributed by atoms with van der Waals surface area (Å²) in [5.41, 5.74) is 1.09. The topological polar surface area (TPSA) is 49.8 Å². The number of carbonyl (C=O) groups excluding carboxylic acids is 1. The Bertz CT molecular complexity index is 714. The summed E-state index contributed by atoms with van der Waals surface area (Å²) in [5, 5.41) is 9.53. The number of aliphatic hydroxyl groups excluding tert-OH is 1. The summed E-state index contributed by atoms with van der Waals surface area (Å²) in [5.74, 6) is 0.106. The predicted octanol–water partition coefficient (Wildman–Crippen LogP) is 4.55. The Hall–Kier alpha value is -0.513. The van der Waals surface area contributed by atoms with Crippen LogP contribution in [0.1, 0.15) is 38.2 Å². The van der Waals surface area contributed by atoms with Gasteiger partial charge in [0.05, 0.1) is 31.3 Å². The summed E-state index contributed by atoms with van der Waals surface area (Å²) in [6.07, 6.45) is 3.35. The molecular weight excluding hydrogens is 500 g/mol. The normalized spacial score (nSPS) is 30.1. The minimum Gasteiger partial charge on any atom is -0.394 e. The van der Waals surface area contributed by atoms with Gasteiger partial charge in [0.15, 0.2) is 0 Å². The van der Waals surface area contributed by atoms with Gasteiger partial charge < -0.3 is 18.9 Å². The smallest absolute Gasteiger partial charge is 0.246 e. The lowest BCUT2D eigenvalue weighted by Gasteiger charge is -2.30. The van der Waals surface area contributed by atoms with Gasteiger partial charge in [0.25, 0.3) is 0 Å². The Balaban J connectivity index is 1.67. The number of ether oxygens (including phenoxy) is 1. The molecule has 1 amide bonds. The van der Waals surface area contributed by atoms with Crippen LogP contribution in [0, 0.1) is 9.49 Å². The molecule has 1 N–H and O–H groups in total. The number of likely N-dealkylation sites (tertiary alicyclic amines) is 1. The fourth-order valence-corrected chi connectivity index (χ4v) is 8.37. The molecule has 0 unspecified atom stereocenters. The van der Waals surface area contributed by atoms with Gasteiger partial charge in [0.2, 0.25) is 14.3 Å². The second kappa shape index (κ2) is 9.74. The summed E-state index contributed by atoms with van der Waals surface area (Å²) >= 11 is 2.32. The van der Waals surface area contributed by atoms with E-state index >= 15 is 4.11 Å². The third-order valence-electron chi connectivity index (χ3n) is 6.59. The van der Waals surface area contributed by atoms with Crippen molar-refractivity contribution < 1.29 is 18.7 Å². The van der Waals surface area contributed by atoms with E-state index in [9.17, 15) is 9.90 Å². The van der Waals surface area contributed by atoms with Gasteiger partial charge in [-0.25, -0.2) is 0 Å². The van der Waals surface area contributed by atoms with E-state index in [1.54, 1.807) is 18.0 Å². The molecule has 29 heavy (non-hydrogen) atoms. The molecular formula is C22H33FINO3Si. The maximum atomic E-state index is 15.2. The van der Waals surface area contributed by atoms with Crippen LogP contribution in [0.15, 0.2) is 24.3 Å². The fourth-order valence-electron chi connectivity index (χ4n) is 5.22. The van der Waals surface area contributed by atoms with Gasteiger partial charge in [0.1, 0.15) is 0 Å². The molecule has 0 aromatic heterocycles. The molecule has 2 aliphatic rings. The highest BCUT2D eigenvalue weighted by Gasteiger charge is 2.51. The van der Waals surface area contributed by atoms with Crippen molar-refractivity contribution in [1.82, 2.24) is 4.90 Å². The second-order valence-electron chi connectivity index (χ2n) is 9.10. The molecule has 4 nitrogen and oxygen atoms in total. The zero-order valence-corrected chi connectivity index (χ0v) is 20.8. The molecule has 0 spiro atoms. The number of rotatable bonds is 7. The standard InChI is InChI=1S/C22H33FINO3Si/c1-15-19(10-9-16-6-4-7-17(24)12-16)28-20(22(15)29(2,3)23)13-21(27)25-11-5-8-18(25)14-26/h4,6-7,12,15,18-20,22,26H,5,8-11,13-14H2,1-3H3/t15-,18-,19+,20-,22+/m0/s1. The van der Waals surface area contributed by atoms with Crippen molar-refractivity contribution >= 4 is 36.9 Å². The Kier molecular flexibility index (Phi) is 7.78. The van der Waals surface area contributed by atoms with Gasteiger partial charge in [-0.05, 0) is 85.0 Å². The molecule has 3 rings (SSSR count). The van der Waals surface area contributed by atoms with Crippen LogP contribution in [0.2, 0.25) is 18.6 Å². The minimum atomic E-state index is -2.99. The Morgan fingerprint density at radius 3 is 2.79 bits per heavy atom. The predicted molar refractivity (Wildman–Crippen MR) is 124 cm³/mol. The minimum absolute atomic E-state index is 0.000244. The highest BCUT2D eigenvalue weighted by molar-refractivity contribution is 14.1. The maximum absolute atomic E-state index is 15.2. The van der Waals surface area contributed by atoms with E-state index in [2.05, 4.69) is 53.8 Å². The molecule has 2 aliphatic heterocycles. The molecule has 1 aromatic carbocycles. The molecule has 0 bridgehead atoms. The lowest BCUT2D eigenvalue weighted by Crippen LogP contribution is -2.42. The summed E-state index contributed by atoms with van der Waals surface area (Å²) in [7, 11) is -2.99. The van der Waals surface area contributed by atoms with Crippen molar-refractivity contribution in [2.45, 2.75) is 75.9 Å². The van der Waals surface area contributed by atoms with Crippen molar-refractivity contribution in [3.63, 3.8) is 0 Å². The van der Waals surface area contributed by atoms with Crippen molar-refractivity contribution in [3.05, 3.63) is 33.4 Å². The third-order valence-corrected chi connectivity index (χ3v) is 9.74. The van der Waals surface area contributed by atoms with Crippen molar-refractivity contribution in [3.8, 4) is 0 Å². The number of aryl methyl sites for hydroxylation is 1. The Morgan fingerprint density at radius 1 is 1.38 bits per heavy atom. The van der Waals surface area contributed by atoms with E-state index in [0.717, 1.165) is 25.7 Å². The monoisotopic (exact) mass is 533 g/mol. The molecule has 5 atom stereocenters. The number of carbonyl (C=O) groups is 1. The summed E-state index contributed by atoms with van der Waals surface area (Å²) in [6.45, 7) is 6.25. The molecule has 2 fully saturated rings. The van der Waals surface area contributed by atoms with E-state index < -0.39 is 8.41 Å². The molecule has 0 radical (unpaired) electrons. The number of nitrogens with zero attached hydrogens (tertiary/aromatic N) is 1. The number of amides is 1. The van der Waals surface area contributed by atoms with Gasteiger partial charge in [-0.2, -0.15) is 0 Å². The van der Waals surface area contributed by atoms with E-state index in [-0.39, 0.29) is 48.6 Å². The van der Waals surface area contributed by atoms with Gasteiger partial charge in [-0.3, -0.25) is 4.79 Å². The number of benzene rings is 1. The number of halogens is 2. The van der Waals surface area contributed by atoms with Gasteiger partial charge in [0, 0.05) is 15.7 Å². The van der Waals surface area contributed by atoms with E-state index in [1.807, 2.05) is 0 Å². The molecule has 2 saturated heterocycles. The number of hydrogen-bond acceptors (Lipinski definition) is 3. The van der Waals surface area contributed by atoms with E-state index in [4.69, 9.17) is 4.74 Å². The SMILES string of the molecule is C[C@@H]1[C@@H]([Si](C)(C)F)[C@H](CC(=O)N2CCC[C@H]2CO)O[C@@H]1CCc1cccc(I)c1. The van der Waals surface area contributed by atoms with E-state index in [1.165, 1.54) is 9.13 Å². The Labute approximate surface area is 188 Å². The van der Waals surface area contributed by atoms with Crippen LogP contribution in [0.3, 0.4) is 0 Å². The molecule has 2 heterocycles. The number of hydrogen-bond donors (Lipinski definition) is 1. The largest absolute Gasteiger partial charge is 0.394 e. The summed E-state index contributed by atoms with van der Waals surface area (Å²) in [6, 6.07) is 8.34. The molecule has 0 saturated carbocycles. The first-order chi connectivity index (χ1) is 13.7. The second-order valence-corrected chi connectivity index (χ2v) is 14.1. The summed E-state index contributed by atoms with van der Waals surface area (Å²) < 4.78 is 22.8. The van der Waals surface area contributed by atoms with Gasteiger partial charge in [-0.1, -0.05) is 19.1 Å². The van der Waals surface area contributed by atoms with E-state index in [0.29, 0.717) is 6.54 Å². The van der Waals surface area contributed by atoms with Crippen LogP contribution in [-0.4, -0.2) is 55.7 Å². The highest BCUT2D eigenvalue weighted by atomic mass is 127. The quantitative estimate of drug-likeness (QED) is 0.318. The average molecular weight is 533 g/mol. The van der Waals surface area contributed by atoms with Crippen LogP contribution >= 0.6 is 22.6 Å². The molecule has 1 aromatic rings. The first-order valence-corrected chi connectivity index (χ1v) is 14.7. The van der Waals surface area contributed by atoms with Crippen molar-refractivity contribution in [2.24, 2.45) is 5.92 Å². The molecule has 7 heteroatoms. The third kappa shape index (κ3) is 5.60. The summed E-state index contributed by atoms with van der Waals surface area (Å²) in [4.78, 5) is 14.7. The van der Waals surface area contributed by atoms with Crippen LogP contribution in [0.5, 0.6) is 0 Å². The van der Waals surface area contributed by atoms with Crippen LogP contribution < -0.4 is 0 Å². The maximum Gasteiger partial charge on any atom is 0.246 e. The van der Waals surface area contributed by atoms with Crippen molar-refractivity contribution in [1.29, 1.82) is 0 Å². The number of aliphatic hydroxyl groups is 1. The lowest BCUT2D eigenvalue weighted by atomic mass is 9.95. The average Bonchev–Trinajstić information content (AvgIpc) is 3.24. The zero-order valence-electron chi connectivity index (χ0n) is 17.6. The van der Waals surface area contributed by atoms with Crippen LogP contribution in [0.4, 0.5) is 4.11 Å². The lowest BCUT2D eigenvalue weighted by molar-refractivity contribution is -0.135. The highest BCUT2D eigenvalue weighted by Crippen LogP contribution is 2.47. The van der Waals surface area contributed by atoms with Crippen LogP contribution in [-0.2, 0) is 16.0 Å². The Morgan fingerprint density at radius 2 is 2.14 bits per heavy atom. The zero-order chi connectivity index (χ0) is 21.2.